The highest BCUT2D eigenvalue weighted by Gasteiger charge is 2.21. The van der Waals surface area contributed by atoms with Gasteiger partial charge in [-0.15, -0.1) is 0 Å². The maximum Gasteiger partial charge on any atom is 0.157 e. The lowest BCUT2D eigenvalue weighted by molar-refractivity contribution is -0.121. The summed E-state index contributed by atoms with van der Waals surface area (Å²) in [5, 5.41) is 3.42. The molecule has 1 aromatic carbocycles. The Bertz CT molecular complexity index is 453. The number of nitrogens with zero attached hydrogens (tertiary/aromatic N) is 1. The highest BCUT2D eigenvalue weighted by molar-refractivity contribution is 5.89. The fourth-order valence-electron chi connectivity index (χ4n) is 2.24. The minimum atomic E-state index is 0.121. The Hall–Kier alpha value is -1.64. The Labute approximate surface area is 115 Å². The first-order valence-electron chi connectivity index (χ1n) is 7.08. The van der Waals surface area contributed by atoms with Crippen LogP contribution in [0.4, 0.5) is 0 Å². The summed E-state index contributed by atoms with van der Waals surface area (Å²) < 4.78 is 0. The van der Waals surface area contributed by atoms with Gasteiger partial charge in [0.25, 0.3) is 0 Å². The van der Waals surface area contributed by atoms with Crippen LogP contribution in [0.5, 0.6) is 0 Å². The van der Waals surface area contributed by atoms with E-state index in [4.69, 9.17) is 0 Å². The zero-order chi connectivity index (χ0) is 13.7. The number of amidine groups is 1. The van der Waals surface area contributed by atoms with Crippen LogP contribution in [0.2, 0.25) is 0 Å². The third kappa shape index (κ3) is 3.66. The molecule has 1 N–H and O–H groups in total. The van der Waals surface area contributed by atoms with Crippen LogP contribution in [-0.2, 0) is 4.79 Å². The van der Waals surface area contributed by atoms with Crippen molar-refractivity contribution >= 4 is 11.6 Å². The molecule has 1 heterocycles. The van der Waals surface area contributed by atoms with E-state index in [0.29, 0.717) is 12.6 Å². The predicted octanol–water partition coefficient (Wildman–Crippen LogP) is 3.12. The van der Waals surface area contributed by atoms with E-state index in [0.717, 1.165) is 25.1 Å². The van der Waals surface area contributed by atoms with E-state index in [1.807, 2.05) is 19.9 Å². The molecule has 0 saturated carbocycles. The van der Waals surface area contributed by atoms with E-state index >= 15 is 0 Å². The van der Waals surface area contributed by atoms with Crippen molar-refractivity contribution in [2.75, 3.05) is 6.54 Å². The molecule has 0 spiro atoms. The predicted molar refractivity (Wildman–Crippen MR) is 78.3 cm³/mol. The second-order valence-electron chi connectivity index (χ2n) is 5.18. The lowest BCUT2D eigenvalue weighted by atomic mass is 10.0. The summed E-state index contributed by atoms with van der Waals surface area (Å²) in [5.41, 5.74) is 1.29. The third-order valence-electron chi connectivity index (χ3n) is 3.80. The van der Waals surface area contributed by atoms with Gasteiger partial charge in [-0.1, -0.05) is 44.2 Å². The third-order valence-corrected chi connectivity index (χ3v) is 3.80. The lowest BCUT2D eigenvalue weighted by Gasteiger charge is -2.11. The molecule has 1 aromatic rings. The number of carbonyl (C=O) groups excluding carboxylic acids is 1. The molecular formula is C16H22N2O. The number of hydrogen-bond donors (Lipinski definition) is 1. The number of nitrogens with one attached hydrogen (secondary N) is 1. The van der Waals surface area contributed by atoms with Crippen LogP contribution in [0, 0.1) is 5.92 Å². The molecule has 1 aliphatic heterocycles. The average molecular weight is 258 g/mol. The number of rotatable bonds is 5. The molecule has 2 atom stereocenters. The van der Waals surface area contributed by atoms with E-state index in [2.05, 4.69) is 34.6 Å². The highest BCUT2D eigenvalue weighted by Crippen LogP contribution is 2.23. The van der Waals surface area contributed by atoms with E-state index in [1.54, 1.807) is 0 Å². The van der Waals surface area contributed by atoms with Gasteiger partial charge in [0, 0.05) is 12.3 Å². The standard InChI is InChI=1S/C16H22N2O/c1-3-12(2)15(19)11-17-16-10-9-14(18-16)13-7-5-4-6-8-13/h4-8,12,14H,3,9-11H2,1-2H3,(H,17,18). The normalized spacial score (nSPS) is 22.2. The molecule has 1 saturated heterocycles. The number of aliphatic imine (C=N–C) groups is 1. The Morgan fingerprint density at radius 2 is 2.16 bits per heavy atom. The van der Waals surface area contributed by atoms with E-state index in [-0.39, 0.29) is 11.7 Å². The molecule has 0 aliphatic carbocycles. The zero-order valence-corrected chi connectivity index (χ0v) is 11.7. The number of carbonyl (C=O) groups is 1. The van der Waals surface area contributed by atoms with Gasteiger partial charge in [0.1, 0.15) is 0 Å². The molecule has 19 heavy (non-hydrogen) atoms. The first kappa shape index (κ1) is 13.8. The van der Waals surface area contributed by atoms with Gasteiger partial charge in [-0.05, 0) is 18.4 Å². The molecule has 0 bridgehead atoms. The van der Waals surface area contributed by atoms with Crippen LogP contribution in [0.3, 0.4) is 0 Å². The quantitative estimate of drug-likeness (QED) is 0.881. The van der Waals surface area contributed by atoms with Gasteiger partial charge < -0.3 is 5.32 Å². The smallest absolute Gasteiger partial charge is 0.157 e. The Morgan fingerprint density at radius 3 is 2.84 bits per heavy atom. The van der Waals surface area contributed by atoms with Gasteiger partial charge in [-0.2, -0.15) is 0 Å². The van der Waals surface area contributed by atoms with Crippen molar-refractivity contribution in [2.45, 2.75) is 39.2 Å². The average Bonchev–Trinajstić information content (AvgIpc) is 2.93. The van der Waals surface area contributed by atoms with Gasteiger partial charge in [0.15, 0.2) is 5.78 Å². The molecule has 2 unspecified atom stereocenters. The van der Waals surface area contributed by atoms with Crippen molar-refractivity contribution in [3.8, 4) is 0 Å². The van der Waals surface area contributed by atoms with Gasteiger partial charge in [0.2, 0.25) is 0 Å². The molecule has 102 valence electrons. The number of benzene rings is 1. The van der Waals surface area contributed by atoms with Crippen molar-refractivity contribution in [1.29, 1.82) is 0 Å². The maximum atomic E-state index is 11.7. The SMILES string of the molecule is CCC(C)C(=O)CN=C1CCC(c2ccccc2)N1. The number of Topliss-reactive ketones (excluding diaryl/α,β-unsaturated/α-hetero) is 1. The van der Waals surface area contributed by atoms with Gasteiger partial charge >= 0.3 is 0 Å². The molecule has 3 heteroatoms. The molecule has 3 nitrogen and oxygen atoms in total. The first-order chi connectivity index (χ1) is 9.20. The fraction of sp³-hybridized carbons (Fsp3) is 0.500. The van der Waals surface area contributed by atoms with E-state index in [9.17, 15) is 4.79 Å². The summed E-state index contributed by atoms with van der Waals surface area (Å²) in [4.78, 5) is 16.2. The molecule has 0 amide bonds. The summed E-state index contributed by atoms with van der Waals surface area (Å²) in [6.07, 6.45) is 2.89. The zero-order valence-electron chi connectivity index (χ0n) is 11.7. The van der Waals surface area contributed by atoms with Crippen LogP contribution in [0.25, 0.3) is 0 Å². The van der Waals surface area contributed by atoms with Crippen LogP contribution in [-0.4, -0.2) is 18.2 Å². The highest BCUT2D eigenvalue weighted by atomic mass is 16.1. The number of ketones is 1. The molecule has 1 aliphatic rings. The first-order valence-corrected chi connectivity index (χ1v) is 7.08. The Morgan fingerprint density at radius 1 is 1.42 bits per heavy atom. The van der Waals surface area contributed by atoms with Gasteiger partial charge in [-0.25, -0.2) is 0 Å². The second-order valence-corrected chi connectivity index (χ2v) is 5.18. The summed E-state index contributed by atoms with van der Waals surface area (Å²) in [6, 6.07) is 10.7. The Balaban J connectivity index is 1.90. The van der Waals surface area contributed by atoms with Crippen LogP contribution >= 0.6 is 0 Å². The molecule has 2 rings (SSSR count). The van der Waals surface area contributed by atoms with Gasteiger partial charge in [-0.3, -0.25) is 9.79 Å². The summed E-state index contributed by atoms with van der Waals surface area (Å²) >= 11 is 0. The van der Waals surface area contributed by atoms with E-state index < -0.39 is 0 Å². The molecule has 0 radical (unpaired) electrons. The largest absolute Gasteiger partial charge is 0.367 e. The van der Waals surface area contributed by atoms with Crippen molar-refractivity contribution in [1.82, 2.24) is 5.32 Å². The molecule has 1 fully saturated rings. The van der Waals surface area contributed by atoms with Crippen LogP contribution < -0.4 is 5.32 Å². The fourth-order valence-corrected chi connectivity index (χ4v) is 2.24. The van der Waals surface area contributed by atoms with Crippen molar-refractivity contribution in [3.63, 3.8) is 0 Å². The summed E-state index contributed by atoms with van der Waals surface area (Å²) in [7, 11) is 0. The monoisotopic (exact) mass is 258 g/mol. The summed E-state index contributed by atoms with van der Waals surface area (Å²) in [6.45, 7) is 4.32. The topological polar surface area (TPSA) is 41.5 Å². The van der Waals surface area contributed by atoms with Crippen molar-refractivity contribution in [3.05, 3.63) is 35.9 Å². The molecular weight excluding hydrogens is 236 g/mol. The second kappa shape index (κ2) is 6.50. The number of hydrogen-bond acceptors (Lipinski definition) is 2. The van der Waals surface area contributed by atoms with Crippen LogP contribution in [0.15, 0.2) is 35.3 Å². The lowest BCUT2D eigenvalue weighted by Crippen LogP contribution is -2.21. The summed E-state index contributed by atoms with van der Waals surface area (Å²) in [5.74, 6) is 1.33. The van der Waals surface area contributed by atoms with Crippen LogP contribution in [0.1, 0.15) is 44.7 Å². The van der Waals surface area contributed by atoms with Crippen molar-refractivity contribution in [2.24, 2.45) is 10.9 Å². The minimum absolute atomic E-state index is 0.121. The van der Waals surface area contributed by atoms with E-state index in [1.165, 1.54) is 5.56 Å². The van der Waals surface area contributed by atoms with Crippen molar-refractivity contribution < 1.29 is 4.79 Å². The molecule has 0 aromatic heterocycles. The maximum absolute atomic E-state index is 11.7. The Kier molecular flexibility index (Phi) is 4.72. The minimum Gasteiger partial charge on any atom is -0.367 e. The van der Waals surface area contributed by atoms with Gasteiger partial charge in [0.05, 0.1) is 18.4 Å².